The molecule has 2 nitrogen and oxygen atoms in total. The molecule has 0 saturated carbocycles. The van der Waals surface area contributed by atoms with E-state index in [9.17, 15) is 0 Å². The fourth-order valence-corrected chi connectivity index (χ4v) is 7.71. The third-order valence-corrected chi connectivity index (χ3v) is 10.9. The van der Waals surface area contributed by atoms with Crippen LogP contribution in [0.2, 0.25) is 0 Å². The Morgan fingerprint density at radius 2 is 0.630 bits per heavy atom. The number of hydrogen-bond acceptors (Lipinski definition) is 2. The van der Waals surface area contributed by atoms with E-state index in [1.165, 1.54) is 65.9 Å². The van der Waals surface area contributed by atoms with E-state index in [0.29, 0.717) is 0 Å². The molecule has 0 aliphatic carbocycles. The minimum atomic E-state index is -0.0242. The van der Waals surface area contributed by atoms with Crippen molar-refractivity contribution in [2.45, 2.75) is 66.2 Å². The predicted molar refractivity (Wildman–Crippen MR) is 235 cm³/mol. The Labute approximate surface area is 321 Å². The molecule has 0 saturated heterocycles. The van der Waals surface area contributed by atoms with Gasteiger partial charge in [0, 0.05) is 33.5 Å². The van der Waals surface area contributed by atoms with Crippen LogP contribution in [0.15, 0.2) is 158 Å². The Balaban J connectivity index is 1.56. The molecular formula is C52H50N2. The second kappa shape index (κ2) is 13.5. The molecule has 2 heteroatoms. The summed E-state index contributed by atoms with van der Waals surface area (Å²) in [5.74, 6) is 0. The van der Waals surface area contributed by atoms with Gasteiger partial charge in [0.1, 0.15) is 0 Å². The summed E-state index contributed by atoms with van der Waals surface area (Å²) in [6, 6.07) is 58.7. The highest BCUT2D eigenvalue weighted by Crippen LogP contribution is 2.49. The Morgan fingerprint density at radius 3 is 0.963 bits per heavy atom. The van der Waals surface area contributed by atoms with Crippen molar-refractivity contribution in [1.29, 1.82) is 0 Å². The molecule has 0 spiro atoms. The number of hydrogen-bond donors (Lipinski definition) is 0. The van der Waals surface area contributed by atoms with Crippen molar-refractivity contribution in [1.82, 2.24) is 0 Å². The van der Waals surface area contributed by atoms with Gasteiger partial charge in [0.15, 0.2) is 0 Å². The lowest BCUT2D eigenvalue weighted by Crippen LogP contribution is -2.14. The maximum absolute atomic E-state index is 2.46. The molecule has 0 aliphatic heterocycles. The summed E-state index contributed by atoms with van der Waals surface area (Å²) >= 11 is 0. The van der Waals surface area contributed by atoms with Gasteiger partial charge in [-0.3, -0.25) is 0 Å². The van der Waals surface area contributed by atoms with Crippen LogP contribution < -0.4 is 9.80 Å². The largest absolute Gasteiger partial charge is 0.310 e. The molecule has 0 aliphatic rings. The topological polar surface area (TPSA) is 6.48 Å². The molecule has 0 radical (unpaired) electrons. The van der Waals surface area contributed by atoms with Crippen molar-refractivity contribution < 1.29 is 0 Å². The van der Waals surface area contributed by atoms with Gasteiger partial charge in [-0.1, -0.05) is 138 Å². The zero-order chi connectivity index (χ0) is 37.8. The lowest BCUT2D eigenvalue weighted by molar-refractivity contribution is 0.591. The Bertz CT molecular complexity index is 2420. The number of aryl methyl sites for hydroxylation is 2. The first-order valence-electron chi connectivity index (χ1n) is 19.2. The number of fused-ring (bicyclic) bond motifs is 5. The molecule has 8 rings (SSSR count). The molecule has 8 aromatic rings. The van der Waals surface area contributed by atoms with Crippen molar-refractivity contribution in [3.63, 3.8) is 0 Å². The lowest BCUT2D eigenvalue weighted by atomic mass is 9.83. The highest BCUT2D eigenvalue weighted by Gasteiger charge is 2.25. The number of nitrogens with zero attached hydrogens (tertiary/aromatic N) is 2. The van der Waals surface area contributed by atoms with Crippen molar-refractivity contribution in [2.75, 3.05) is 9.80 Å². The molecule has 268 valence electrons. The van der Waals surface area contributed by atoms with Crippen LogP contribution in [-0.2, 0) is 10.8 Å². The number of rotatable bonds is 6. The normalized spacial score (nSPS) is 12.1. The van der Waals surface area contributed by atoms with Gasteiger partial charge in [-0.15, -0.1) is 0 Å². The Morgan fingerprint density at radius 1 is 0.315 bits per heavy atom. The van der Waals surface area contributed by atoms with Crippen LogP contribution >= 0.6 is 0 Å². The lowest BCUT2D eigenvalue weighted by Gasteiger charge is -2.31. The van der Waals surface area contributed by atoms with Gasteiger partial charge in [-0.2, -0.15) is 0 Å². The first-order chi connectivity index (χ1) is 25.9. The van der Waals surface area contributed by atoms with Crippen LogP contribution in [0.4, 0.5) is 34.1 Å². The van der Waals surface area contributed by atoms with E-state index in [4.69, 9.17) is 0 Å². The van der Waals surface area contributed by atoms with Crippen LogP contribution in [0.3, 0.4) is 0 Å². The first-order valence-corrected chi connectivity index (χ1v) is 19.2. The number of benzene rings is 8. The maximum atomic E-state index is 2.46. The van der Waals surface area contributed by atoms with Gasteiger partial charge in [0.25, 0.3) is 0 Å². The van der Waals surface area contributed by atoms with E-state index in [0.717, 1.165) is 22.7 Å². The summed E-state index contributed by atoms with van der Waals surface area (Å²) in [5.41, 5.74) is 12.0. The molecule has 0 bridgehead atoms. The SMILES string of the molecule is Cc1ccc(N(c2ccccc2)c2cc3c4cc(C(C)(C)C)ccc4c(N(c4ccccc4)c4ccc(C)cc4)cc3c3cc(C(C)(C)C)ccc23)cc1. The molecule has 0 amide bonds. The summed E-state index contributed by atoms with van der Waals surface area (Å²) < 4.78 is 0. The van der Waals surface area contributed by atoms with Gasteiger partial charge < -0.3 is 9.80 Å². The van der Waals surface area contributed by atoms with Crippen molar-refractivity contribution >= 4 is 66.4 Å². The summed E-state index contributed by atoms with van der Waals surface area (Å²) in [6.07, 6.45) is 0. The monoisotopic (exact) mass is 702 g/mol. The summed E-state index contributed by atoms with van der Waals surface area (Å²) in [5, 5.41) is 7.45. The van der Waals surface area contributed by atoms with Gasteiger partial charge >= 0.3 is 0 Å². The third-order valence-electron chi connectivity index (χ3n) is 10.9. The van der Waals surface area contributed by atoms with Gasteiger partial charge in [-0.05, 0) is 130 Å². The van der Waals surface area contributed by atoms with E-state index in [-0.39, 0.29) is 10.8 Å². The van der Waals surface area contributed by atoms with E-state index >= 15 is 0 Å². The molecule has 0 N–H and O–H groups in total. The van der Waals surface area contributed by atoms with Crippen LogP contribution in [0.5, 0.6) is 0 Å². The second-order valence-corrected chi connectivity index (χ2v) is 16.9. The molecule has 0 aromatic heterocycles. The van der Waals surface area contributed by atoms with E-state index in [2.05, 4.69) is 223 Å². The summed E-state index contributed by atoms with van der Waals surface area (Å²) in [4.78, 5) is 4.88. The zero-order valence-corrected chi connectivity index (χ0v) is 32.9. The van der Waals surface area contributed by atoms with E-state index < -0.39 is 0 Å². The Hall–Kier alpha value is -5.86. The molecule has 0 unspecified atom stereocenters. The van der Waals surface area contributed by atoms with Crippen molar-refractivity contribution in [2.24, 2.45) is 0 Å². The third kappa shape index (κ3) is 6.51. The number of anilines is 6. The minimum Gasteiger partial charge on any atom is -0.310 e. The van der Waals surface area contributed by atoms with Crippen LogP contribution in [0.1, 0.15) is 63.8 Å². The second-order valence-electron chi connectivity index (χ2n) is 16.9. The molecular weight excluding hydrogens is 653 g/mol. The molecule has 54 heavy (non-hydrogen) atoms. The quantitative estimate of drug-likeness (QED) is 0.159. The average Bonchev–Trinajstić information content (AvgIpc) is 3.16. The van der Waals surface area contributed by atoms with Crippen LogP contribution in [0.25, 0.3) is 32.3 Å². The number of para-hydroxylation sites is 2. The van der Waals surface area contributed by atoms with Crippen molar-refractivity contribution in [3.8, 4) is 0 Å². The molecule has 0 atom stereocenters. The first kappa shape index (κ1) is 35.2. The van der Waals surface area contributed by atoms with Gasteiger partial charge in [0.2, 0.25) is 0 Å². The minimum absolute atomic E-state index is 0.0242. The average molecular weight is 703 g/mol. The predicted octanol–water partition coefficient (Wildman–Crippen LogP) is 15.3. The zero-order valence-electron chi connectivity index (χ0n) is 32.9. The standard InChI is InChI=1S/C52H50N2/c1-35-19-25-41(26-20-35)53(39-15-11-9-12-16-39)49-33-47-46-32-38(52(6,7)8)24-30-44(46)50(34-48(47)45-31-37(51(3,4)5)23-29-43(45)49)54(40-17-13-10-14-18-40)42-27-21-36(2)22-28-42/h9-34H,1-8H3. The van der Waals surface area contributed by atoms with E-state index in [1.807, 2.05) is 0 Å². The molecule has 0 fully saturated rings. The molecule has 8 aromatic carbocycles. The highest BCUT2D eigenvalue weighted by molar-refractivity contribution is 6.24. The highest BCUT2D eigenvalue weighted by atomic mass is 15.1. The smallest absolute Gasteiger partial charge is 0.0546 e. The Kier molecular flexibility index (Phi) is 8.81. The maximum Gasteiger partial charge on any atom is 0.0546 e. The fraction of sp³-hybridized carbons (Fsp3) is 0.192. The van der Waals surface area contributed by atoms with Crippen LogP contribution in [0, 0.1) is 13.8 Å². The van der Waals surface area contributed by atoms with E-state index in [1.54, 1.807) is 0 Å². The fourth-order valence-electron chi connectivity index (χ4n) is 7.71. The summed E-state index contributed by atoms with van der Waals surface area (Å²) in [7, 11) is 0. The molecule has 0 heterocycles. The van der Waals surface area contributed by atoms with Gasteiger partial charge in [-0.25, -0.2) is 0 Å². The van der Waals surface area contributed by atoms with Crippen molar-refractivity contribution in [3.05, 3.63) is 180 Å². The van der Waals surface area contributed by atoms with Gasteiger partial charge in [0.05, 0.1) is 11.4 Å². The van der Waals surface area contributed by atoms with Crippen LogP contribution in [-0.4, -0.2) is 0 Å². The summed E-state index contributed by atoms with van der Waals surface area (Å²) in [6.45, 7) is 18.2.